The number of rotatable bonds is 42. The van der Waals surface area contributed by atoms with E-state index in [1.807, 2.05) is 6.08 Å². The predicted octanol–water partition coefficient (Wildman–Crippen LogP) is 10.5. The molecule has 16 heteroatoms. The molecule has 14 nitrogen and oxygen atoms in total. The Balaban J connectivity index is 4.56. The predicted molar refractivity (Wildman–Crippen MR) is 230 cm³/mol. The number of phosphoric ester groups is 2. The van der Waals surface area contributed by atoms with Gasteiger partial charge >= 0.3 is 27.6 Å². The van der Waals surface area contributed by atoms with Crippen molar-refractivity contribution in [2.45, 2.75) is 200 Å². The molecule has 0 saturated heterocycles. The molecule has 0 saturated carbocycles. The van der Waals surface area contributed by atoms with E-state index < -0.39 is 66.2 Å². The number of hydrogen-bond donors (Lipinski definition) is 4. The van der Waals surface area contributed by atoms with Crippen molar-refractivity contribution in [2.24, 2.45) is 5.92 Å². The van der Waals surface area contributed by atoms with Crippen LogP contribution in [0.15, 0.2) is 24.3 Å². The second-order valence-electron chi connectivity index (χ2n) is 15.8. The van der Waals surface area contributed by atoms with Crippen molar-refractivity contribution in [2.75, 3.05) is 26.4 Å². The minimum atomic E-state index is -4.87. The summed E-state index contributed by atoms with van der Waals surface area (Å²) in [6.07, 6.45) is 30.0. The molecule has 4 N–H and O–H groups in total. The lowest BCUT2D eigenvalue weighted by atomic mass is 10.0. The molecule has 59 heavy (non-hydrogen) atoms. The zero-order chi connectivity index (χ0) is 44.0. The van der Waals surface area contributed by atoms with Gasteiger partial charge in [0.25, 0.3) is 0 Å². The van der Waals surface area contributed by atoms with Crippen LogP contribution in [0.1, 0.15) is 188 Å². The molecule has 0 aliphatic heterocycles. The van der Waals surface area contributed by atoms with Crippen LogP contribution in [0.5, 0.6) is 0 Å². The lowest BCUT2D eigenvalue weighted by Crippen LogP contribution is -2.30. The molecule has 0 radical (unpaired) electrons. The van der Waals surface area contributed by atoms with E-state index in [4.69, 9.17) is 23.8 Å². The summed E-state index contributed by atoms with van der Waals surface area (Å²) >= 11 is 0. The van der Waals surface area contributed by atoms with Crippen LogP contribution in [0.3, 0.4) is 0 Å². The Labute approximate surface area is 355 Å². The fraction of sp³-hybridized carbons (Fsp3) is 0.837. The first kappa shape index (κ1) is 57.3. The maximum Gasteiger partial charge on any atom is 0.472 e. The van der Waals surface area contributed by atoms with Crippen LogP contribution in [0.25, 0.3) is 0 Å². The molecular weight excluding hydrogens is 802 g/mol. The topological polar surface area (TPSA) is 212 Å². The van der Waals surface area contributed by atoms with Crippen molar-refractivity contribution in [3.05, 3.63) is 24.3 Å². The Bertz CT molecular complexity index is 1220. The van der Waals surface area contributed by atoms with Gasteiger partial charge in [-0.3, -0.25) is 28.0 Å². The first-order chi connectivity index (χ1) is 28.1. The highest BCUT2D eigenvalue weighted by molar-refractivity contribution is 7.47. The number of carbonyl (C=O) groups is 3. The molecule has 0 aromatic carbocycles. The zero-order valence-electron chi connectivity index (χ0n) is 36.5. The molecule has 0 aromatic rings. The van der Waals surface area contributed by atoms with E-state index in [1.54, 1.807) is 12.2 Å². The quantitative estimate of drug-likeness (QED) is 0.0148. The molecule has 0 aromatic heterocycles. The molecule has 0 amide bonds. The van der Waals surface area contributed by atoms with Crippen LogP contribution in [0.2, 0.25) is 0 Å². The summed E-state index contributed by atoms with van der Waals surface area (Å²) < 4.78 is 47.7. The summed E-state index contributed by atoms with van der Waals surface area (Å²) in [6, 6.07) is 0. The minimum Gasteiger partial charge on any atom is -0.462 e. The largest absolute Gasteiger partial charge is 0.472 e. The number of aliphatic hydroxyl groups excluding tert-OH is 1. The molecule has 0 fully saturated rings. The SMILES string of the molecule is CCCCC/C=C\C=C\C(=O)CCCCCCCC(=O)OC[C@H](COP(=O)(O)OC[C@@H](O)COP(=O)(O)O)OC(=O)CCCCCCCCCCCCCCCC(C)C. The maximum atomic E-state index is 12.7. The Kier molecular flexibility index (Phi) is 36.9. The Morgan fingerprint density at radius 2 is 1.07 bits per heavy atom. The van der Waals surface area contributed by atoms with E-state index >= 15 is 0 Å². The summed E-state index contributed by atoms with van der Waals surface area (Å²) in [7, 11) is -9.70. The zero-order valence-corrected chi connectivity index (χ0v) is 38.3. The third-order valence-corrected chi connectivity index (χ3v) is 10.9. The second-order valence-corrected chi connectivity index (χ2v) is 18.5. The summed E-state index contributed by atoms with van der Waals surface area (Å²) in [6.45, 7) is 3.91. The van der Waals surface area contributed by atoms with Crippen LogP contribution in [0.4, 0.5) is 0 Å². The van der Waals surface area contributed by atoms with E-state index in [0.29, 0.717) is 19.3 Å². The van der Waals surface area contributed by atoms with Crippen LogP contribution in [-0.2, 0) is 46.6 Å². The van der Waals surface area contributed by atoms with Gasteiger partial charge in [0.2, 0.25) is 0 Å². The summed E-state index contributed by atoms with van der Waals surface area (Å²) in [4.78, 5) is 64.7. The summed E-state index contributed by atoms with van der Waals surface area (Å²) in [5, 5.41) is 9.74. The van der Waals surface area contributed by atoms with Gasteiger partial charge < -0.3 is 29.3 Å². The summed E-state index contributed by atoms with van der Waals surface area (Å²) in [5.41, 5.74) is 0. The van der Waals surface area contributed by atoms with Gasteiger partial charge in [-0.1, -0.05) is 155 Å². The normalized spacial score (nSPS) is 14.2. The first-order valence-electron chi connectivity index (χ1n) is 22.3. The van der Waals surface area contributed by atoms with Gasteiger partial charge in [-0.2, -0.15) is 0 Å². The van der Waals surface area contributed by atoms with Gasteiger partial charge in [0.1, 0.15) is 12.7 Å². The Hall–Kier alpha value is -1.73. The standard InChI is InChI=1S/C43H80O14P2/c1-4-5-6-7-15-20-25-30-39(44)31-26-21-18-23-27-32-42(46)53-36-41(37-56-59(51,52)55-35-40(45)34-54-58(48,49)50)57-43(47)33-28-22-17-14-12-10-8-9-11-13-16-19-24-29-38(2)3/h15,20,25,30,38,40-41,45H,4-14,16-19,21-24,26-29,31-37H2,1-3H3,(H,51,52)(H2,48,49,50)/b20-15-,30-25+/t40-,41+/m0/s1. The average Bonchev–Trinajstić information content (AvgIpc) is 3.17. The van der Waals surface area contributed by atoms with Gasteiger partial charge in [-0.05, 0) is 44.1 Å². The molecule has 0 spiro atoms. The molecule has 0 bridgehead atoms. The number of allylic oxidation sites excluding steroid dienone is 4. The molecule has 0 aliphatic rings. The number of carbonyl (C=O) groups excluding carboxylic acids is 3. The lowest BCUT2D eigenvalue weighted by Gasteiger charge is -2.20. The lowest BCUT2D eigenvalue weighted by molar-refractivity contribution is -0.161. The van der Waals surface area contributed by atoms with E-state index in [1.165, 1.54) is 70.6 Å². The van der Waals surface area contributed by atoms with E-state index in [0.717, 1.165) is 70.1 Å². The number of ketones is 1. The molecule has 1 unspecified atom stereocenters. The van der Waals surface area contributed by atoms with Crippen molar-refractivity contribution in [3.8, 4) is 0 Å². The van der Waals surface area contributed by atoms with Crippen molar-refractivity contribution in [1.82, 2.24) is 0 Å². The van der Waals surface area contributed by atoms with Crippen LogP contribution in [0, 0.1) is 5.92 Å². The number of hydrogen-bond acceptors (Lipinski definition) is 11. The number of phosphoric acid groups is 2. The third-order valence-electron chi connectivity index (χ3n) is 9.49. The third kappa shape index (κ3) is 42.7. The van der Waals surface area contributed by atoms with Crippen LogP contribution >= 0.6 is 15.6 Å². The van der Waals surface area contributed by atoms with Gasteiger partial charge in [-0.25, -0.2) is 9.13 Å². The number of aliphatic hydroxyl groups is 1. The fourth-order valence-corrected chi connectivity index (χ4v) is 7.20. The highest BCUT2D eigenvalue weighted by atomic mass is 31.2. The highest BCUT2D eigenvalue weighted by Crippen LogP contribution is 2.43. The molecule has 0 heterocycles. The molecule has 0 aliphatic carbocycles. The molecule has 0 rings (SSSR count). The van der Waals surface area contributed by atoms with E-state index in [9.17, 15) is 33.5 Å². The maximum absolute atomic E-state index is 12.7. The number of esters is 2. The van der Waals surface area contributed by atoms with Gasteiger partial charge in [0, 0.05) is 19.3 Å². The Morgan fingerprint density at radius 1 is 0.576 bits per heavy atom. The van der Waals surface area contributed by atoms with Crippen LogP contribution < -0.4 is 0 Å². The van der Waals surface area contributed by atoms with Gasteiger partial charge in [0.15, 0.2) is 11.9 Å². The summed E-state index contributed by atoms with van der Waals surface area (Å²) in [5.74, 6) is -0.236. The molecular formula is C43H80O14P2. The monoisotopic (exact) mass is 883 g/mol. The Morgan fingerprint density at radius 3 is 1.61 bits per heavy atom. The van der Waals surface area contributed by atoms with Crippen molar-refractivity contribution < 1.29 is 66.3 Å². The van der Waals surface area contributed by atoms with Crippen molar-refractivity contribution >= 4 is 33.4 Å². The number of ether oxygens (including phenoxy) is 2. The minimum absolute atomic E-state index is 0.0881. The fourth-order valence-electron chi connectivity index (χ4n) is 6.04. The number of unbranched alkanes of at least 4 members (excludes halogenated alkanes) is 19. The average molecular weight is 883 g/mol. The van der Waals surface area contributed by atoms with Crippen molar-refractivity contribution in [3.63, 3.8) is 0 Å². The van der Waals surface area contributed by atoms with Gasteiger partial charge in [-0.15, -0.1) is 0 Å². The van der Waals surface area contributed by atoms with Crippen molar-refractivity contribution in [1.29, 1.82) is 0 Å². The smallest absolute Gasteiger partial charge is 0.462 e. The van der Waals surface area contributed by atoms with E-state index in [-0.39, 0.29) is 18.6 Å². The first-order valence-corrected chi connectivity index (χ1v) is 25.4. The molecule has 346 valence electrons. The van der Waals surface area contributed by atoms with Gasteiger partial charge in [0.05, 0.1) is 19.8 Å². The van der Waals surface area contributed by atoms with E-state index in [2.05, 4.69) is 35.9 Å². The second kappa shape index (κ2) is 38.0. The molecule has 3 atom stereocenters. The van der Waals surface area contributed by atoms with Crippen LogP contribution in [-0.4, -0.2) is 76.1 Å². The highest BCUT2D eigenvalue weighted by Gasteiger charge is 2.28.